The first-order valence-corrected chi connectivity index (χ1v) is 5.77. The first-order chi connectivity index (χ1) is 8.78. The Balaban J connectivity index is 1.91. The van der Waals surface area contributed by atoms with Crippen LogP contribution in [0, 0.1) is 0 Å². The van der Waals surface area contributed by atoms with Gasteiger partial charge in [0, 0.05) is 25.7 Å². The van der Waals surface area contributed by atoms with Gasteiger partial charge in [-0.25, -0.2) is 19.3 Å². The topological polar surface area (TPSA) is 102 Å². The summed E-state index contributed by atoms with van der Waals surface area (Å²) in [5.41, 5.74) is 5.87. The van der Waals surface area contributed by atoms with Gasteiger partial charge in [-0.2, -0.15) is 5.10 Å². The zero-order valence-corrected chi connectivity index (χ0v) is 9.74. The van der Waals surface area contributed by atoms with Gasteiger partial charge in [0.25, 0.3) is 0 Å². The zero-order chi connectivity index (χ0) is 12.5. The van der Waals surface area contributed by atoms with Gasteiger partial charge in [-0.1, -0.05) is 0 Å². The Morgan fingerprint density at radius 3 is 3.33 bits per heavy atom. The fourth-order valence-electron chi connectivity index (χ4n) is 2.04. The molecule has 0 aromatic carbocycles. The second-order valence-electron chi connectivity index (χ2n) is 4.18. The Kier molecular flexibility index (Phi) is 2.73. The zero-order valence-electron chi connectivity index (χ0n) is 9.74. The van der Waals surface area contributed by atoms with E-state index in [9.17, 15) is 4.79 Å². The third-order valence-electron chi connectivity index (χ3n) is 3.02. The van der Waals surface area contributed by atoms with E-state index in [4.69, 9.17) is 10.5 Å². The van der Waals surface area contributed by atoms with Crippen LogP contribution in [0.25, 0.3) is 5.65 Å². The van der Waals surface area contributed by atoms with Crippen molar-refractivity contribution in [3.63, 3.8) is 0 Å². The van der Waals surface area contributed by atoms with Gasteiger partial charge in [0.05, 0.1) is 12.7 Å². The number of nitrogens with two attached hydrogens (primary N) is 1. The smallest absolute Gasteiger partial charge is 0.348 e. The van der Waals surface area contributed by atoms with Crippen LogP contribution in [0.2, 0.25) is 0 Å². The van der Waals surface area contributed by atoms with Crippen LogP contribution in [-0.4, -0.2) is 51.9 Å². The maximum absolute atomic E-state index is 11.3. The molecule has 0 amide bonds. The molecule has 8 nitrogen and oxygen atoms in total. The molecule has 1 aliphatic rings. The van der Waals surface area contributed by atoms with E-state index in [1.807, 2.05) is 0 Å². The van der Waals surface area contributed by atoms with Gasteiger partial charge < -0.3 is 15.4 Å². The number of rotatable bonds is 2. The summed E-state index contributed by atoms with van der Waals surface area (Å²) in [5, 5.41) is 6.30. The lowest BCUT2D eigenvalue weighted by Crippen LogP contribution is -2.46. The molecule has 2 aromatic heterocycles. The molecule has 0 bridgehead atoms. The van der Waals surface area contributed by atoms with Gasteiger partial charge in [0.1, 0.15) is 12.1 Å². The molecule has 18 heavy (non-hydrogen) atoms. The lowest BCUT2D eigenvalue weighted by molar-refractivity contribution is 0.0463. The highest BCUT2D eigenvalue weighted by Crippen LogP contribution is 2.15. The Hall–Kier alpha value is -1.93. The summed E-state index contributed by atoms with van der Waals surface area (Å²) in [6.07, 6.45) is 1.50. The van der Waals surface area contributed by atoms with Crippen molar-refractivity contribution in [2.75, 3.05) is 31.1 Å². The molecule has 8 heteroatoms. The summed E-state index contributed by atoms with van der Waals surface area (Å²) in [5.74, 6) is 0.781. The highest BCUT2D eigenvalue weighted by molar-refractivity contribution is 5.50. The summed E-state index contributed by atoms with van der Waals surface area (Å²) in [6, 6.07) is 1.77. The molecule has 3 N–H and O–H groups in total. The van der Waals surface area contributed by atoms with E-state index in [0.717, 1.165) is 12.4 Å². The molecule has 3 heterocycles. The molecule has 0 radical (unpaired) electrons. The Morgan fingerprint density at radius 2 is 2.50 bits per heavy atom. The van der Waals surface area contributed by atoms with E-state index in [1.54, 1.807) is 6.07 Å². The molecule has 1 fully saturated rings. The quantitative estimate of drug-likeness (QED) is 0.678. The predicted octanol–water partition coefficient (Wildman–Crippen LogP) is -1.42. The number of aromatic amines is 1. The summed E-state index contributed by atoms with van der Waals surface area (Å²) in [4.78, 5) is 17.7. The standard InChI is InChI=1S/C10H14N6O2/c11-4-7-5-15(1-2-18-7)8-3-9-13-14-10(17)16(9)6-12-8/h3,6-7H,1-2,4-5,11H2,(H,14,17). The Labute approximate surface area is 102 Å². The molecule has 1 atom stereocenters. The largest absolute Gasteiger partial charge is 0.373 e. The average molecular weight is 250 g/mol. The number of nitrogens with zero attached hydrogens (tertiary/aromatic N) is 4. The third-order valence-corrected chi connectivity index (χ3v) is 3.02. The van der Waals surface area contributed by atoms with E-state index in [1.165, 1.54) is 10.7 Å². The molecular formula is C10H14N6O2. The minimum absolute atomic E-state index is 0.0261. The van der Waals surface area contributed by atoms with Crippen molar-refractivity contribution < 1.29 is 4.74 Å². The monoisotopic (exact) mass is 250 g/mol. The van der Waals surface area contributed by atoms with Gasteiger partial charge in [-0.15, -0.1) is 0 Å². The molecule has 2 aromatic rings. The highest BCUT2D eigenvalue weighted by Gasteiger charge is 2.20. The van der Waals surface area contributed by atoms with E-state index < -0.39 is 0 Å². The maximum Gasteiger partial charge on any atom is 0.348 e. The minimum atomic E-state index is -0.286. The second kappa shape index (κ2) is 4.39. The summed E-state index contributed by atoms with van der Waals surface area (Å²) in [6.45, 7) is 2.57. The number of hydrogen-bond acceptors (Lipinski definition) is 6. The number of ether oxygens (including phenoxy) is 1. The number of morpholine rings is 1. The molecule has 1 saturated heterocycles. The molecule has 0 saturated carbocycles. The third kappa shape index (κ3) is 1.85. The maximum atomic E-state index is 11.3. The van der Waals surface area contributed by atoms with Crippen LogP contribution in [0.3, 0.4) is 0 Å². The van der Waals surface area contributed by atoms with Crippen molar-refractivity contribution in [2.45, 2.75) is 6.10 Å². The predicted molar refractivity (Wildman–Crippen MR) is 64.6 cm³/mol. The first kappa shape index (κ1) is 11.2. The molecule has 96 valence electrons. The van der Waals surface area contributed by atoms with Gasteiger partial charge in [-0.05, 0) is 0 Å². The van der Waals surface area contributed by atoms with Crippen LogP contribution in [0.4, 0.5) is 5.82 Å². The minimum Gasteiger partial charge on any atom is -0.373 e. The van der Waals surface area contributed by atoms with Gasteiger partial charge in [0.15, 0.2) is 5.65 Å². The van der Waals surface area contributed by atoms with Crippen molar-refractivity contribution in [3.8, 4) is 0 Å². The molecule has 1 aliphatic heterocycles. The van der Waals surface area contributed by atoms with Gasteiger partial charge >= 0.3 is 5.69 Å². The fourth-order valence-corrected chi connectivity index (χ4v) is 2.04. The number of fused-ring (bicyclic) bond motifs is 1. The van der Waals surface area contributed by atoms with Crippen molar-refractivity contribution >= 4 is 11.5 Å². The normalized spacial score (nSPS) is 20.5. The lowest BCUT2D eigenvalue weighted by Gasteiger charge is -2.33. The van der Waals surface area contributed by atoms with E-state index >= 15 is 0 Å². The van der Waals surface area contributed by atoms with Crippen molar-refractivity contribution in [2.24, 2.45) is 5.73 Å². The first-order valence-electron chi connectivity index (χ1n) is 5.77. The lowest BCUT2D eigenvalue weighted by atomic mass is 10.2. The SMILES string of the molecule is NCC1CN(c2cc3n[nH]c(=O)n3cn2)CCO1. The second-order valence-corrected chi connectivity index (χ2v) is 4.18. The average Bonchev–Trinajstić information content (AvgIpc) is 2.80. The number of H-pyrrole nitrogens is 1. The summed E-state index contributed by atoms with van der Waals surface area (Å²) in [7, 11) is 0. The molecule has 0 spiro atoms. The van der Waals surface area contributed by atoms with Crippen molar-refractivity contribution in [1.82, 2.24) is 19.6 Å². The van der Waals surface area contributed by atoms with Crippen molar-refractivity contribution in [3.05, 3.63) is 22.9 Å². The van der Waals surface area contributed by atoms with Gasteiger partial charge in [0.2, 0.25) is 0 Å². The van der Waals surface area contributed by atoms with Crippen LogP contribution >= 0.6 is 0 Å². The van der Waals surface area contributed by atoms with Gasteiger partial charge in [-0.3, -0.25) is 0 Å². The molecule has 0 aliphatic carbocycles. The van der Waals surface area contributed by atoms with E-state index in [0.29, 0.717) is 25.3 Å². The number of nitrogens with one attached hydrogen (secondary N) is 1. The molecule has 1 unspecified atom stereocenters. The van der Waals surface area contributed by atoms with Crippen molar-refractivity contribution in [1.29, 1.82) is 0 Å². The van der Waals surface area contributed by atoms with Crippen LogP contribution < -0.4 is 16.3 Å². The fraction of sp³-hybridized carbons (Fsp3) is 0.500. The number of hydrogen-bond donors (Lipinski definition) is 2. The van der Waals surface area contributed by atoms with Crippen LogP contribution in [-0.2, 0) is 4.74 Å². The number of anilines is 1. The van der Waals surface area contributed by atoms with E-state index in [2.05, 4.69) is 20.1 Å². The number of aromatic nitrogens is 4. The van der Waals surface area contributed by atoms with Crippen LogP contribution in [0.15, 0.2) is 17.2 Å². The van der Waals surface area contributed by atoms with E-state index in [-0.39, 0.29) is 11.8 Å². The Morgan fingerprint density at radius 1 is 1.61 bits per heavy atom. The van der Waals surface area contributed by atoms with Crippen LogP contribution in [0.5, 0.6) is 0 Å². The molecule has 3 rings (SSSR count). The summed E-state index contributed by atoms with van der Waals surface area (Å²) < 4.78 is 6.86. The highest BCUT2D eigenvalue weighted by atomic mass is 16.5. The van der Waals surface area contributed by atoms with Crippen LogP contribution in [0.1, 0.15) is 0 Å². The Bertz CT molecular complexity index is 606. The molecular weight excluding hydrogens is 236 g/mol. The summed E-state index contributed by atoms with van der Waals surface area (Å²) >= 11 is 0.